The zero-order valence-corrected chi connectivity index (χ0v) is 12.4. The van der Waals surface area contributed by atoms with Crippen molar-refractivity contribution in [2.24, 2.45) is 0 Å². The average Bonchev–Trinajstić information content (AvgIpc) is 2.68. The third-order valence-electron chi connectivity index (χ3n) is 4.47. The lowest BCUT2D eigenvalue weighted by molar-refractivity contribution is -0.123. The van der Waals surface area contributed by atoms with Crippen LogP contribution in [-0.4, -0.2) is 61.0 Å². The highest BCUT2D eigenvalue weighted by molar-refractivity contribution is 5.78. The smallest absolute Gasteiger partial charge is 0.234 e. The van der Waals surface area contributed by atoms with Gasteiger partial charge in [-0.1, -0.05) is 19.8 Å². The Hall–Kier alpha value is -0.610. The van der Waals surface area contributed by atoms with Gasteiger partial charge in [0.15, 0.2) is 0 Å². The van der Waals surface area contributed by atoms with Crippen molar-refractivity contribution in [2.75, 3.05) is 39.3 Å². The second-order valence-electron chi connectivity index (χ2n) is 5.97. The molecule has 0 bridgehead atoms. The predicted molar refractivity (Wildman–Crippen MR) is 78.2 cm³/mol. The summed E-state index contributed by atoms with van der Waals surface area (Å²) in [5.41, 5.74) is 0. The number of carbonyl (C=O) groups excluding carboxylic acids is 1. The average molecular weight is 267 g/mol. The molecule has 0 radical (unpaired) electrons. The highest BCUT2D eigenvalue weighted by Gasteiger charge is 2.20. The molecule has 2 fully saturated rings. The van der Waals surface area contributed by atoms with Gasteiger partial charge in [0.2, 0.25) is 5.91 Å². The summed E-state index contributed by atoms with van der Waals surface area (Å²) < 4.78 is 0. The van der Waals surface area contributed by atoms with Crippen molar-refractivity contribution in [3.63, 3.8) is 0 Å². The van der Waals surface area contributed by atoms with E-state index in [1.54, 1.807) is 0 Å². The van der Waals surface area contributed by atoms with Gasteiger partial charge >= 0.3 is 0 Å². The third kappa shape index (κ3) is 5.11. The topological polar surface area (TPSA) is 35.6 Å². The molecule has 0 aliphatic carbocycles. The molecule has 110 valence electrons. The summed E-state index contributed by atoms with van der Waals surface area (Å²) in [6, 6.07) is 0.405. The molecule has 4 nitrogen and oxygen atoms in total. The summed E-state index contributed by atoms with van der Waals surface area (Å²) in [6.07, 6.45) is 7.38. The van der Waals surface area contributed by atoms with Crippen molar-refractivity contribution in [3.8, 4) is 0 Å². The first-order valence-electron chi connectivity index (χ1n) is 8.02. The van der Waals surface area contributed by atoms with Crippen LogP contribution in [0.25, 0.3) is 0 Å². The standard InChI is InChI=1S/C15H29N3O/c1-2-17-11-7-14(8-12-17)16-15(19)13-18-9-5-3-4-6-10-18/h14H,2-13H2,1H3,(H,16,19). The fraction of sp³-hybridized carbons (Fsp3) is 0.933. The number of nitrogens with zero attached hydrogens (tertiary/aromatic N) is 2. The van der Waals surface area contributed by atoms with E-state index in [0.717, 1.165) is 45.6 Å². The second-order valence-corrected chi connectivity index (χ2v) is 5.97. The van der Waals surface area contributed by atoms with Crippen LogP contribution in [0.1, 0.15) is 45.4 Å². The van der Waals surface area contributed by atoms with Crippen LogP contribution in [0.4, 0.5) is 0 Å². The minimum Gasteiger partial charge on any atom is -0.352 e. The van der Waals surface area contributed by atoms with Crippen LogP contribution in [0.2, 0.25) is 0 Å². The van der Waals surface area contributed by atoms with E-state index in [1.807, 2.05) is 0 Å². The Morgan fingerprint density at radius 2 is 1.63 bits per heavy atom. The van der Waals surface area contributed by atoms with E-state index >= 15 is 0 Å². The number of likely N-dealkylation sites (tertiary alicyclic amines) is 2. The summed E-state index contributed by atoms with van der Waals surface area (Å²) in [5, 5.41) is 3.22. The largest absolute Gasteiger partial charge is 0.352 e. The first-order chi connectivity index (χ1) is 9.28. The van der Waals surface area contributed by atoms with Crippen molar-refractivity contribution in [1.82, 2.24) is 15.1 Å². The minimum atomic E-state index is 0.233. The van der Waals surface area contributed by atoms with E-state index in [0.29, 0.717) is 12.6 Å². The van der Waals surface area contributed by atoms with Gasteiger partial charge in [0.25, 0.3) is 0 Å². The SMILES string of the molecule is CCN1CCC(NC(=O)CN2CCCCCC2)CC1. The highest BCUT2D eigenvalue weighted by Crippen LogP contribution is 2.11. The van der Waals surface area contributed by atoms with Gasteiger partial charge in [0.1, 0.15) is 0 Å². The van der Waals surface area contributed by atoms with Crippen LogP contribution in [0.3, 0.4) is 0 Å². The maximum Gasteiger partial charge on any atom is 0.234 e. The molecule has 0 saturated carbocycles. The van der Waals surface area contributed by atoms with Crippen LogP contribution in [-0.2, 0) is 4.79 Å². The number of hydrogen-bond acceptors (Lipinski definition) is 3. The zero-order valence-electron chi connectivity index (χ0n) is 12.4. The van der Waals surface area contributed by atoms with Crippen LogP contribution < -0.4 is 5.32 Å². The summed E-state index contributed by atoms with van der Waals surface area (Å²) in [7, 11) is 0. The van der Waals surface area contributed by atoms with Gasteiger partial charge in [-0.3, -0.25) is 9.69 Å². The lowest BCUT2D eigenvalue weighted by atomic mass is 10.1. The normalized spacial score (nSPS) is 24.1. The van der Waals surface area contributed by atoms with Crippen molar-refractivity contribution in [2.45, 2.75) is 51.5 Å². The maximum absolute atomic E-state index is 12.1. The van der Waals surface area contributed by atoms with Crippen LogP contribution in [0.15, 0.2) is 0 Å². The van der Waals surface area contributed by atoms with E-state index in [9.17, 15) is 4.79 Å². The zero-order chi connectivity index (χ0) is 13.5. The summed E-state index contributed by atoms with van der Waals surface area (Å²) >= 11 is 0. The van der Waals surface area contributed by atoms with E-state index in [1.165, 1.54) is 25.7 Å². The van der Waals surface area contributed by atoms with Crippen LogP contribution in [0.5, 0.6) is 0 Å². The molecule has 1 amide bonds. The first kappa shape index (κ1) is 14.8. The third-order valence-corrected chi connectivity index (χ3v) is 4.47. The molecule has 0 aromatic rings. The molecule has 0 spiro atoms. The number of rotatable bonds is 4. The number of piperidine rings is 1. The van der Waals surface area contributed by atoms with Gasteiger partial charge in [0.05, 0.1) is 6.54 Å². The monoisotopic (exact) mass is 267 g/mol. The predicted octanol–water partition coefficient (Wildman–Crippen LogP) is 1.46. The molecule has 2 aliphatic heterocycles. The van der Waals surface area contributed by atoms with Crippen molar-refractivity contribution >= 4 is 5.91 Å². The molecule has 2 aliphatic rings. The lowest BCUT2D eigenvalue weighted by Gasteiger charge is -2.32. The Labute approximate surface area is 117 Å². The molecule has 0 aromatic carbocycles. The molecule has 4 heteroatoms. The van der Waals surface area contributed by atoms with Crippen LogP contribution >= 0.6 is 0 Å². The van der Waals surface area contributed by atoms with Crippen molar-refractivity contribution < 1.29 is 4.79 Å². The van der Waals surface area contributed by atoms with Gasteiger partial charge in [-0.15, -0.1) is 0 Å². The van der Waals surface area contributed by atoms with E-state index in [2.05, 4.69) is 22.0 Å². The van der Waals surface area contributed by atoms with E-state index in [-0.39, 0.29) is 5.91 Å². The first-order valence-corrected chi connectivity index (χ1v) is 8.02. The summed E-state index contributed by atoms with van der Waals surface area (Å²) in [6.45, 7) is 8.40. The minimum absolute atomic E-state index is 0.233. The van der Waals surface area contributed by atoms with Gasteiger partial charge in [0, 0.05) is 19.1 Å². The number of carbonyl (C=O) groups is 1. The Bertz CT molecular complexity index is 267. The molecule has 1 N–H and O–H groups in total. The van der Waals surface area contributed by atoms with Crippen molar-refractivity contribution in [1.29, 1.82) is 0 Å². The van der Waals surface area contributed by atoms with Gasteiger partial charge in [-0.2, -0.15) is 0 Å². The van der Waals surface area contributed by atoms with E-state index in [4.69, 9.17) is 0 Å². The van der Waals surface area contributed by atoms with Gasteiger partial charge < -0.3 is 10.2 Å². The number of amides is 1. The Balaban J connectivity index is 1.66. The Morgan fingerprint density at radius 3 is 2.21 bits per heavy atom. The Morgan fingerprint density at radius 1 is 1.00 bits per heavy atom. The quantitative estimate of drug-likeness (QED) is 0.838. The fourth-order valence-electron chi connectivity index (χ4n) is 3.16. The number of nitrogens with one attached hydrogen (secondary N) is 1. The van der Waals surface area contributed by atoms with E-state index < -0.39 is 0 Å². The fourth-order valence-corrected chi connectivity index (χ4v) is 3.16. The summed E-state index contributed by atoms with van der Waals surface area (Å²) in [4.78, 5) is 16.9. The Kier molecular flexibility index (Phi) is 6.11. The van der Waals surface area contributed by atoms with Gasteiger partial charge in [-0.25, -0.2) is 0 Å². The maximum atomic E-state index is 12.1. The van der Waals surface area contributed by atoms with Gasteiger partial charge in [-0.05, 0) is 45.3 Å². The molecule has 19 heavy (non-hydrogen) atoms. The van der Waals surface area contributed by atoms with Crippen LogP contribution in [0, 0.1) is 0 Å². The molecular formula is C15H29N3O. The van der Waals surface area contributed by atoms with Crippen molar-refractivity contribution in [3.05, 3.63) is 0 Å². The number of hydrogen-bond donors (Lipinski definition) is 1. The molecular weight excluding hydrogens is 238 g/mol. The second kappa shape index (κ2) is 7.85. The molecule has 0 unspecified atom stereocenters. The lowest BCUT2D eigenvalue weighted by Crippen LogP contribution is -2.47. The molecule has 2 rings (SSSR count). The highest BCUT2D eigenvalue weighted by atomic mass is 16.2. The molecule has 2 heterocycles. The molecule has 0 atom stereocenters. The summed E-state index contributed by atoms with van der Waals surface area (Å²) in [5.74, 6) is 0.233. The molecule has 2 saturated heterocycles. The molecule has 0 aromatic heterocycles.